The maximum atomic E-state index is 5.74. The minimum absolute atomic E-state index is 0.530. The molecule has 2 aromatic rings. The van der Waals surface area contributed by atoms with Crippen LogP contribution < -0.4 is 4.74 Å². The van der Waals surface area contributed by atoms with E-state index in [4.69, 9.17) is 16.3 Å². The van der Waals surface area contributed by atoms with E-state index in [2.05, 4.69) is 35.9 Å². The molecule has 2 nitrogen and oxygen atoms in total. The molecule has 0 atom stereocenters. The summed E-state index contributed by atoms with van der Waals surface area (Å²) in [7, 11) is 0. The van der Waals surface area contributed by atoms with E-state index in [9.17, 15) is 0 Å². The molecule has 0 unspecified atom stereocenters. The molecular weight excluding hydrogens is 270 g/mol. The van der Waals surface area contributed by atoms with Crippen LogP contribution in [0.1, 0.15) is 23.1 Å². The van der Waals surface area contributed by atoms with Gasteiger partial charge in [-0.25, -0.2) is 0 Å². The lowest BCUT2D eigenvalue weighted by molar-refractivity contribution is 0.305. The van der Waals surface area contributed by atoms with Crippen LogP contribution in [0.4, 0.5) is 0 Å². The lowest BCUT2D eigenvalue weighted by Gasteiger charge is -2.06. The van der Waals surface area contributed by atoms with E-state index in [1.54, 1.807) is 12.4 Å². The van der Waals surface area contributed by atoms with Crippen molar-refractivity contribution in [1.29, 1.82) is 0 Å². The lowest BCUT2D eigenvalue weighted by Crippen LogP contribution is -1.96. The van der Waals surface area contributed by atoms with Crippen molar-refractivity contribution >= 4 is 11.6 Å². The van der Waals surface area contributed by atoms with Gasteiger partial charge in [0.1, 0.15) is 12.4 Å². The van der Waals surface area contributed by atoms with Gasteiger partial charge in [0, 0.05) is 24.1 Å². The minimum Gasteiger partial charge on any atom is -0.487 e. The average Bonchev–Trinajstić information content (AvgIpc) is 2.46. The zero-order valence-corrected chi connectivity index (χ0v) is 12.2. The average molecular weight is 286 g/mol. The Morgan fingerprint density at radius 1 is 1.25 bits per heavy atom. The topological polar surface area (TPSA) is 22.1 Å². The van der Waals surface area contributed by atoms with Crippen molar-refractivity contribution in [2.24, 2.45) is 0 Å². The second-order valence-corrected chi connectivity index (χ2v) is 4.81. The summed E-state index contributed by atoms with van der Waals surface area (Å²) in [6.07, 6.45) is 4.10. The number of aryl methyl sites for hydroxylation is 1. The molecule has 2 rings (SSSR count). The first-order valence-electron chi connectivity index (χ1n) is 6.46. The Balaban J connectivity index is 2.00. The van der Waals surface area contributed by atoms with Crippen LogP contribution >= 0.6 is 11.6 Å². The number of alkyl halides is 1. The van der Waals surface area contributed by atoms with Crippen LogP contribution in [-0.2, 0) is 6.61 Å². The van der Waals surface area contributed by atoms with Gasteiger partial charge in [0.05, 0.1) is 6.20 Å². The molecule has 0 spiro atoms. The number of hydrogen-bond acceptors (Lipinski definition) is 2. The molecule has 0 bridgehead atoms. The molecule has 0 radical (unpaired) electrons. The molecule has 0 saturated carbocycles. The molecule has 1 aromatic heterocycles. The van der Waals surface area contributed by atoms with Gasteiger partial charge in [-0.15, -0.1) is 11.6 Å². The van der Waals surface area contributed by atoms with Gasteiger partial charge in [0.2, 0.25) is 0 Å². The van der Waals surface area contributed by atoms with Crippen LogP contribution in [0.3, 0.4) is 0 Å². The minimum atomic E-state index is 0.530. The molecular formula is C17H16ClNO. The van der Waals surface area contributed by atoms with Gasteiger partial charge < -0.3 is 4.74 Å². The fraction of sp³-hybridized carbons (Fsp3) is 0.235. The number of rotatable bonds is 4. The quantitative estimate of drug-likeness (QED) is 0.627. The molecule has 1 aromatic carbocycles. The molecule has 0 N–H and O–H groups in total. The van der Waals surface area contributed by atoms with Gasteiger partial charge >= 0.3 is 0 Å². The molecule has 20 heavy (non-hydrogen) atoms. The standard InChI is InChI=1S/C17H16ClNO/c1-14-5-4-7-16(9-14)13-20-17-10-15(11-19-12-17)6-2-3-8-18/h4-5,7,9-12H,3,8,13H2,1H3. The van der Waals surface area contributed by atoms with E-state index in [0.29, 0.717) is 18.9 Å². The summed E-state index contributed by atoms with van der Waals surface area (Å²) in [5.74, 6) is 7.27. The zero-order valence-electron chi connectivity index (χ0n) is 11.4. The Hall–Kier alpha value is -1.98. The molecule has 0 amide bonds. The molecule has 0 aliphatic rings. The normalized spacial score (nSPS) is 9.70. The number of ether oxygens (including phenoxy) is 1. The first kappa shape index (κ1) is 14.4. The van der Waals surface area contributed by atoms with E-state index in [1.807, 2.05) is 18.2 Å². The molecule has 0 saturated heterocycles. The molecule has 0 aliphatic heterocycles. The number of benzene rings is 1. The highest BCUT2D eigenvalue weighted by Gasteiger charge is 1.98. The molecule has 1 heterocycles. The largest absolute Gasteiger partial charge is 0.487 e. The fourth-order valence-corrected chi connectivity index (χ4v) is 1.84. The van der Waals surface area contributed by atoms with Crippen LogP contribution in [0.2, 0.25) is 0 Å². The van der Waals surface area contributed by atoms with Crippen LogP contribution in [0, 0.1) is 18.8 Å². The first-order chi connectivity index (χ1) is 9.78. The van der Waals surface area contributed by atoms with Crippen molar-refractivity contribution in [3.63, 3.8) is 0 Å². The highest BCUT2D eigenvalue weighted by atomic mass is 35.5. The zero-order chi connectivity index (χ0) is 14.2. The SMILES string of the molecule is Cc1cccc(COc2cncc(C#CCCCl)c2)c1. The summed E-state index contributed by atoms with van der Waals surface area (Å²) < 4.78 is 5.74. The van der Waals surface area contributed by atoms with Gasteiger partial charge in [-0.2, -0.15) is 0 Å². The van der Waals surface area contributed by atoms with Crippen molar-refractivity contribution in [2.45, 2.75) is 20.0 Å². The second-order valence-electron chi connectivity index (χ2n) is 4.43. The van der Waals surface area contributed by atoms with E-state index < -0.39 is 0 Å². The van der Waals surface area contributed by atoms with Crippen molar-refractivity contribution in [3.8, 4) is 17.6 Å². The van der Waals surface area contributed by atoms with Crippen LogP contribution in [-0.4, -0.2) is 10.9 Å². The van der Waals surface area contributed by atoms with E-state index in [1.165, 1.54) is 5.56 Å². The summed E-state index contributed by atoms with van der Waals surface area (Å²) in [5.41, 5.74) is 3.21. The maximum absolute atomic E-state index is 5.74. The van der Waals surface area contributed by atoms with Gasteiger partial charge in [-0.05, 0) is 18.6 Å². The molecule has 102 valence electrons. The third-order valence-electron chi connectivity index (χ3n) is 2.65. The third kappa shape index (κ3) is 4.60. The summed E-state index contributed by atoms with van der Waals surface area (Å²) >= 11 is 5.59. The number of halogens is 1. The van der Waals surface area contributed by atoms with Crippen LogP contribution in [0.5, 0.6) is 5.75 Å². The van der Waals surface area contributed by atoms with Crippen molar-refractivity contribution < 1.29 is 4.74 Å². The maximum Gasteiger partial charge on any atom is 0.139 e. The predicted octanol–water partition coefficient (Wildman–Crippen LogP) is 3.95. The Kier molecular flexibility index (Phi) is 5.46. The number of hydrogen-bond donors (Lipinski definition) is 0. The van der Waals surface area contributed by atoms with Crippen molar-refractivity contribution in [3.05, 3.63) is 59.4 Å². The number of pyridine rings is 1. The van der Waals surface area contributed by atoms with Gasteiger partial charge in [0.15, 0.2) is 0 Å². The van der Waals surface area contributed by atoms with Crippen molar-refractivity contribution in [2.75, 3.05) is 5.88 Å². The van der Waals surface area contributed by atoms with Crippen LogP contribution in [0.15, 0.2) is 42.7 Å². The second kappa shape index (κ2) is 7.57. The predicted molar refractivity (Wildman–Crippen MR) is 82.0 cm³/mol. The molecule has 0 aliphatic carbocycles. The van der Waals surface area contributed by atoms with Crippen molar-refractivity contribution in [1.82, 2.24) is 4.98 Å². The fourth-order valence-electron chi connectivity index (χ4n) is 1.75. The lowest BCUT2D eigenvalue weighted by atomic mass is 10.1. The summed E-state index contributed by atoms with van der Waals surface area (Å²) in [6, 6.07) is 10.1. The summed E-state index contributed by atoms with van der Waals surface area (Å²) in [5, 5.41) is 0. The smallest absolute Gasteiger partial charge is 0.139 e. The Bertz CT molecular complexity index is 628. The van der Waals surface area contributed by atoms with Crippen LogP contribution in [0.25, 0.3) is 0 Å². The van der Waals surface area contributed by atoms with Gasteiger partial charge in [-0.3, -0.25) is 4.98 Å². The summed E-state index contributed by atoms with van der Waals surface area (Å²) in [6.45, 7) is 2.60. The Morgan fingerprint density at radius 3 is 2.95 bits per heavy atom. The molecule has 3 heteroatoms. The van der Waals surface area contributed by atoms with E-state index >= 15 is 0 Å². The Morgan fingerprint density at radius 2 is 2.15 bits per heavy atom. The van der Waals surface area contributed by atoms with Gasteiger partial charge in [0.25, 0.3) is 0 Å². The van der Waals surface area contributed by atoms with E-state index in [-0.39, 0.29) is 0 Å². The third-order valence-corrected chi connectivity index (χ3v) is 2.84. The Labute approximate surface area is 124 Å². The molecule has 0 fully saturated rings. The highest BCUT2D eigenvalue weighted by Crippen LogP contribution is 2.13. The number of aromatic nitrogens is 1. The number of nitrogens with zero attached hydrogens (tertiary/aromatic N) is 1. The van der Waals surface area contributed by atoms with E-state index in [0.717, 1.165) is 16.9 Å². The first-order valence-corrected chi connectivity index (χ1v) is 6.99. The summed E-state index contributed by atoms with van der Waals surface area (Å²) in [4.78, 5) is 4.13. The highest BCUT2D eigenvalue weighted by molar-refractivity contribution is 6.18. The van der Waals surface area contributed by atoms with Gasteiger partial charge in [-0.1, -0.05) is 41.7 Å². The monoisotopic (exact) mass is 285 g/mol.